The first-order chi connectivity index (χ1) is 24.2. The lowest BCUT2D eigenvalue weighted by Gasteiger charge is -2.20. The Morgan fingerprint density at radius 3 is 1.50 bits per heavy atom. The minimum absolute atomic E-state index is 0.174. The minimum atomic E-state index is -4.61. The number of hydrogen-bond donors (Lipinski definition) is 3. The van der Waals surface area contributed by atoms with E-state index in [-0.39, 0.29) is 19.4 Å². The van der Waals surface area contributed by atoms with E-state index in [4.69, 9.17) is 19.1 Å². The first kappa shape index (κ1) is 48.5. The van der Waals surface area contributed by atoms with E-state index >= 15 is 0 Å². The molecule has 0 saturated carbocycles. The monoisotopic (exact) mass is 732 g/mol. The normalized spacial score (nSPS) is 14.3. The number of carbonyl (C=O) groups excluding carboxylic acids is 2. The molecule has 0 heterocycles. The summed E-state index contributed by atoms with van der Waals surface area (Å²) in [6.45, 7) is 2.31. The van der Waals surface area contributed by atoms with Crippen LogP contribution < -0.4 is 0 Å². The molecule has 11 heteroatoms. The molecular weight excluding hydrogens is 659 g/mol. The van der Waals surface area contributed by atoms with Gasteiger partial charge in [0, 0.05) is 12.8 Å². The molecule has 1 unspecified atom stereocenters. The highest BCUT2D eigenvalue weighted by Crippen LogP contribution is 2.43. The molecule has 3 N–H and O–H groups in total. The van der Waals surface area contributed by atoms with E-state index in [0.717, 1.165) is 77.0 Å². The quantitative estimate of drug-likeness (QED) is 0.0244. The first-order valence-corrected chi connectivity index (χ1v) is 21.3. The van der Waals surface area contributed by atoms with E-state index in [1.165, 1.54) is 57.8 Å². The highest BCUT2D eigenvalue weighted by Gasteiger charge is 2.27. The fourth-order valence-corrected chi connectivity index (χ4v) is 5.99. The molecule has 0 amide bonds. The number of rotatable bonds is 37. The van der Waals surface area contributed by atoms with Gasteiger partial charge in [0.1, 0.15) is 12.7 Å². The van der Waals surface area contributed by atoms with Gasteiger partial charge in [-0.25, -0.2) is 4.57 Å². The molecule has 0 aromatic rings. The van der Waals surface area contributed by atoms with Gasteiger partial charge < -0.3 is 24.6 Å². The summed E-state index contributed by atoms with van der Waals surface area (Å²) < 4.78 is 32.6. The Morgan fingerprint density at radius 2 is 1.00 bits per heavy atom. The molecule has 0 saturated heterocycles. The summed E-state index contributed by atoms with van der Waals surface area (Å²) in [4.78, 5) is 34.8. The second-order valence-corrected chi connectivity index (χ2v) is 14.8. The van der Waals surface area contributed by atoms with E-state index in [2.05, 4.69) is 42.7 Å². The Kier molecular flexibility index (Phi) is 34.7. The van der Waals surface area contributed by atoms with Gasteiger partial charge in [-0.1, -0.05) is 128 Å². The van der Waals surface area contributed by atoms with Crippen LogP contribution in [-0.2, 0) is 32.7 Å². The van der Waals surface area contributed by atoms with E-state index in [1.54, 1.807) is 0 Å². The maximum atomic E-state index is 12.6. The van der Waals surface area contributed by atoms with Gasteiger partial charge in [-0.3, -0.25) is 18.6 Å². The van der Waals surface area contributed by atoms with Crippen molar-refractivity contribution < 1.29 is 47.8 Å². The van der Waals surface area contributed by atoms with Crippen LogP contribution in [-0.4, -0.2) is 65.7 Å². The van der Waals surface area contributed by atoms with Crippen molar-refractivity contribution in [2.24, 2.45) is 0 Å². The fraction of sp³-hybridized carbons (Fsp3) is 0.846. The van der Waals surface area contributed by atoms with Crippen molar-refractivity contribution in [1.82, 2.24) is 0 Å². The van der Waals surface area contributed by atoms with Gasteiger partial charge in [0.05, 0.1) is 19.8 Å². The fourth-order valence-electron chi connectivity index (χ4n) is 5.20. The Balaban J connectivity index is 4.35. The molecule has 0 spiro atoms. The summed E-state index contributed by atoms with van der Waals surface area (Å²) >= 11 is 0. The molecule has 0 aliphatic rings. The van der Waals surface area contributed by atoms with Crippen LogP contribution >= 0.6 is 7.82 Å². The number of ether oxygens (including phenoxy) is 2. The second-order valence-electron chi connectivity index (χ2n) is 13.3. The Morgan fingerprint density at radius 1 is 0.580 bits per heavy atom. The average molecular weight is 733 g/mol. The van der Waals surface area contributed by atoms with Gasteiger partial charge in [-0.05, 0) is 57.8 Å². The number of carbonyl (C=O) groups is 2. The standard InChI is InChI=1S/C39H73O10P/c1-3-5-7-9-11-13-15-16-17-18-19-21-23-25-27-29-31-39(43)49-37(35-48-50(44,45)47-33-36(41)32-40)34-46-38(42)30-28-26-24-22-20-14-12-10-8-6-4-2/h10,12,17-18,36-37,40-41H,3-9,11,13-16,19-35H2,1-2H3,(H,44,45)/b12-10-,18-17-/t36-,37+/m0/s1. The van der Waals surface area contributed by atoms with Gasteiger partial charge in [0.25, 0.3) is 0 Å². The lowest BCUT2D eigenvalue weighted by Crippen LogP contribution is -2.29. The van der Waals surface area contributed by atoms with Gasteiger partial charge in [0.15, 0.2) is 6.10 Å². The number of unbranched alkanes of at least 4 members (excludes halogenated alkanes) is 19. The van der Waals surface area contributed by atoms with Crippen LogP contribution in [0.4, 0.5) is 0 Å². The largest absolute Gasteiger partial charge is 0.472 e. The topological polar surface area (TPSA) is 149 Å². The zero-order chi connectivity index (χ0) is 37.0. The van der Waals surface area contributed by atoms with E-state index < -0.39 is 51.8 Å². The number of phosphoric acid groups is 1. The number of esters is 2. The zero-order valence-corrected chi connectivity index (χ0v) is 32.5. The third-order valence-electron chi connectivity index (χ3n) is 8.33. The molecule has 0 aromatic carbocycles. The SMILES string of the molecule is CCCC/C=C\CCCCCCCC(=O)OC[C@H](COP(=O)(O)OC[C@@H](O)CO)OC(=O)CCCCCCC/C=C\CCCCCCCCC. The number of phosphoric ester groups is 1. The maximum Gasteiger partial charge on any atom is 0.472 e. The van der Waals surface area contributed by atoms with Crippen LogP contribution in [0.25, 0.3) is 0 Å². The predicted octanol–water partition coefficient (Wildman–Crippen LogP) is 9.83. The minimum Gasteiger partial charge on any atom is -0.462 e. The first-order valence-electron chi connectivity index (χ1n) is 19.8. The van der Waals surface area contributed by atoms with Gasteiger partial charge in [-0.2, -0.15) is 0 Å². The second kappa shape index (κ2) is 35.8. The lowest BCUT2D eigenvalue weighted by molar-refractivity contribution is -0.161. The molecule has 3 atom stereocenters. The van der Waals surface area contributed by atoms with Crippen molar-refractivity contribution in [2.75, 3.05) is 26.4 Å². The molecular formula is C39H73O10P. The molecule has 50 heavy (non-hydrogen) atoms. The molecule has 0 radical (unpaired) electrons. The highest BCUT2D eigenvalue weighted by atomic mass is 31.2. The molecule has 294 valence electrons. The summed E-state index contributed by atoms with van der Waals surface area (Å²) in [6.07, 6.45) is 32.9. The molecule has 0 aliphatic carbocycles. The van der Waals surface area contributed by atoms with Crippen molar-refractivity contribution in [3.05, 3.63) is 24.3 Å². The molecule has 0 bridgehead atoms. The maximum absolute atomic E-state index is 12.6. The van der Waals surface area contributed by atoms with Gasteiger partial charge in [-0.15, -0.1) is 0 Å². The van der Waals surface area contributed by atoms with E-state index in [0.29, 0.717) is 12.8 Å². The Bertz CT molecular complexity index is 894. The Labute approximate surface area is 304 Å². The van der Waals surface area contributed by atoms with Crippen LogP contribution in [0, 0.1) is 0 Å². The van der Waals surface area contributed by atoms with Crippen molar-refractivity contribution in [3.63, 3.8) is 0 Å². The van der Waals surface area contributed by atoms with Crippen molar-refractivity contribution >= 4 is 19.8 Å². The van der Waals surface area contributed by atoms with Crippen LogP contribution in [0.2, 0.25) is 0 Å². The van der Waals surface area contributed by atoms with Crippen molar-refractivity contribution in [2.45, 2.75) is 187 Å². The molecule has 0 rings (SSSR count). The highest BCUT2D eigenvalue weighted by molar-refractivity contribution is 7.47. The lowest BCUT2D eigenvalue weighted by atomic mass is 10.1. The number of hydrogen-bond acceptors (Lipinski definition) is 9. The summed E-state index contributed by atoms with van der Waals surface area (Å²) in [5, 5.41) is 18.3. The third-order valence-corrected chi connectivity index (χ3v) is 9.28. The zero-order valence-electron chi connectivity index (χ0n) is 31.6. The molecule has 0 fully saturated rings. The van der Waals surface area contributed by atoms with Gasteiger partial charge >= 0.3 is 19.8 Å². The third kappa shape index (κ3) is 34.9. The Hall–Kier alpha value is -1.55. The summed E-state index contributed by atoms with van der Waals surface area (Å²) in [5.41, 5.74) is 0. The van der Waals surface area contributed by atoms with E-state index in [1.807, 2.05) is 0 Å². The average Bonchev–Trinajstić information content (AvgIpc) is 3.10. The van der Waals surface area contributed by atoms with Gasteiger partial charge in [0.2, 0.25) is 0 Å². The molecule has 10 nitrogen and oxygen atoms in total. The molecule has 0 aliphatic heterocycles. The number of allylic oxidation sites excluding steroid dienone is 4. The van der Waals surface area contributed by atoms with Crippen LogP contribution in [0.15, 0.2) is 24.3 Å². The van der Waals surface area contributed by atoms with Crippen molar-refractivity contribution in [1.29, 1.82) is 0 Å². The number of aliphatic hydroxyl groups is 2. The predicted molar refractivity (Wildman–Crippen MR) is 201 cm³/mol. The van der Waals surface area contributed by atoms with Crippen LogP contribution in [0.1, 0.15) is 174 Å². The van der Waals surface area contributed by atoms with Crippen molar-refractivity contribution in [3.8, 4) is 0 Å². The van der Waals surface area contributed by atoms with Crippen LogP contribution in [0.5, 0.6) is 0 Å². The summed E-state index contributed by atoms with van der Waals surface area (Å²) in [5.74, 6) is -0.945. The molecule has 0 aromatic heterocycles. The smallest absolute Gasteiger partial charge is 0.462 e. The van der Waals surface area contributed by atoms with E-state index in [9.17, 15) is 24.2 Å². The number of aliphatic hydroxyl groups excluding tert-OH is 2. The summed E-state index contributed by atoms with van der Waals surface area (Å²) in [7, 11) is -4.61. The van der Waals surface area contributed by atoms with Crippen LogP contribution in [0.3, 0.4) is 0 Å². The summed E-state index contributed by atoms with van der Waals surface area (Å²) in [6, 6.07) is 0.